The van der Waals surface area contributed by atoms with Crippen LogP contribution in [0.2, 0.25) is 0 Å². The molecular weight excluding hydrogens is 182 g/mol. The highest BCUT2D eigenvalue weighted by molar-refractivity contribution is 7.13. The van der Waals surface area contributed by atoms with Gasteiger partial charge in [0.25, 0.3) is 0 Å². The van der Waals surface area contributed by atoms with E-state index in [1.807, 2.05) is 6.07 Å². The molecule has 0 aromatic carbocycles. The predicted octanol–water partition coefficient (Wildman–Crippen LogP) is 2.38. The average Bonchev–Trinajstić information content (AvgIpc) is 2.67. The Bertz CT molecular complexity index is 289. The summed E-state index contributed by atoms with van der Waals surface area (Å²) in [4.78, 5) is 12.6. The number of thiophene rings is 1. The maximum Gasteiger partial charge on any atom is 0.160 e. The fourth-order valence-corrected chi connectivity index (χ4v) is 2.65. The highest BCUT2D eigenvalue weighted by atomic mass is 32.1. The van der Waals surface area contributed by atoms with Crippen LogP contribution in [-0.4, -0.2) is 12.8 Å². The molecule has 2 rings (SSSR count). The third kappa shape index (κ3) is 1.98. The number of piperidine rings is 1. The van der Waals surface area contributed by atoms with Crippen LogP contribution in [0.5, 0.6) is 0 Å². The van der Waals surface area contributed by atoms with E-state index >= 15 is 0 Å². The summed E-state index contributed by atoms with van der Waals surface area (Å²) in [5.74, 6) is 0. The van der Waals surface area contributed by atoms with E-state index < -0.39 is 0 Å². The third-order valence-electron chi connectivity index (χ3n) is 2.42. The summed E-state index contributed by atoms with van der Waals surface area (Å²) in [7, 11) is 0. The van der Waals surface area contributed by atoms with E-state index in [4.69, 9.17) is 0 Å². The minimum atomic E-state index is 0.493. The lowest BCUT2D eigenvalue weighted by atomic mass is 10.0. The summed E-state index contributed by atoms with van der Waals surface area (Å²) >= 11 is 1.61. The fraction of sp³-hybridized carbons (Fsp3) is 0.500. The predicted molar refractivity (Wildman–Crippen MR) is 54.3 cm³/mol. The molecule has 0 aliphatic carbocycles. The van der Waals surface area contributed by atoms with Crippen LogP contribution in [0.3, 0.4) is 0 Å². The lowest BCUT2D eigenvalue weighted by Crippen LogP contribution is -2.25. The van der Waals surface area contributed by atoms with E-state index in [2.05, 4.69) is 11.4 Å². The topological polar surface area (TPSA) is 29.1 Å². The van der Waals surface area contributed by atoms with Gasteiger partial charge in [0.2, 0.25) is 0 Å². The van der Waals surface area contributed by atoms with Crippen LogP contribution in [0.4, 0.5) is 0 Å². The van der Waals surface area contributed by atoms with Crippen molar-refractivity contribution in [3.63, 3.8) is 0 Å². The van der Waals surface area contributed by atoms with Crippen LogP contribution in [-0.2, 0) is 0 Å². The Labute approximate surface area is 82.0 Å². The van der Waals surface area contributed by atoms with Gasteiger partial charge in [-0.05, 0) is 31.5 Å². The molecule has 0 saturated carbocycles. The van der Waals surface area contributed by atoms with E-state index in [1.165, 1.54) is 24.1 Å². The first-order valence-corrected chi connectivity index (χ1v) is 5.50. The quantitative estimate of drug-likeness (QED) is 0.734. The first-order valence-electron chi connectivity index (χ1n) is 4.68. The zero-order valence-electron chi connectivity index (χ0n) is 7.45. The van der Waals surface area contributed by atoms with Gasteiger partial charge < -0.3 is 5.32 Å². The Morgan fingerprint density at radius 3 is 3.00 bits per heavy atom. The van der Waals surface area contributed by atoms with Gasteiger partial charge in [0.05, 0.1) is 4.88 Å². The van der Waals surface area contributed by atoms with Crippen LogP contribution < -0.4 is 5.32 Å². The lowest BCUT2D eigenvalue weighted by molar-refractivity contribution is 0.112. The molecule has 0 bridgehead atoms. The highest BCUT2D eigenvalue weighted by Gasteiger charge is 2.15. The van der Waals surface area contributed by atoms with Gasteiger partial charge in [0, 0.05) is 10.9 Å². The fourth-order valence-electron chi connectivity index (χ4n) is 1.71. The second-order valence-corrected chi connectivity index (χ2v) is 4.51. The first-order chi connectivity index (χ1) is 6.40. The molecule has 0 amide bonds. The number of carbonyl (C=O) groups is 1. The van der Waals surface area contributed by atoms with Gasteiger partial charge in [0.15, 0.2) is 6.29 Å². The standard InChI is InChI=1S/C10H13NOS/c12-7-8-4-5-10(13-8)9-3-1-2-6-11-9/h4-5,7,9,11H,1-3,6H2/t9-/m1/s1. The Kier molecular flexibility index (Phi) is 2.76. The van der Waals surface area contributed by atoms with E-state index in [-0.39, 0.29) is 0 Å². The number of hydrogen-bond donors (Lipinski definition) is 1. The Hall–Kier alpha value is -0.670. The molecule has 1 aliphatic rings. The summed E-state index contributed by atoms with van der Waals surface area (Å²) in [6.07, 6.45) is 4.71. The van der Waals surface area contributed by atoms with E-state index in [0.29, 0.717) is 6.04 Å². The molecule has 2 nitrogen and oxygen atoms in total. The highest BCUT2D eigenvalue weighted by Crippen LogP contribution is 2.28. The van der Waals surface area contributed by atoms with Crippen LogP contribution >= 0.6 is 11.3 Å². The number of nitrogens with one attached hydrogen (secondary N) is 1. The van der Waals surface area contributed by atoms with Crippen molar-refractivity contribution in [1.29, 1.82) is 0 Å². The van der Waals surface area contributed by atoms with Crippen molar-refractivity contribution < 1.29 is 4.79 Å². The zero-order chi connectivity index (χ0) is 9.10. The van der Waals surface area contributed by atoms with Crippen LogP contribution in [0.1, 0.15) is 39.9 Å². The molecule has 2 heterocycles. The van der Waals surface area contributed by atoms with Gasteiger partial charge in [-0.3, -0.25) is 4.79 Å². The number of aldehydes is 1. The second kappa shape index (κ2) is 4.03. The summed E-state index contributed by atoms with van der Waals surface area (Å²) in [5.41, 5.74) is 0. The zero-order valence-corrected chi connectivity index (χ0v) is 8.27. The first kappa shape index (κ1) is 8.91. The summed E-state index contributed by atoms with van der Waals surface area (Å²) in [5, 5.41) is 3.47. The van der Waals surface area contributed by atoms with E-state index in [0.717, 1.165) is 17.7 Å². The SMILES string of the molecule is O=Cc1ccc([C@H]2CCCCN2)s1. The van der Waals surface area contributed by atoms with E-state index in [9.17, 15) is 4.79 Å². The van der Waals surface area contributed by atoms with Gasteiger partial charge in [-0.15, -0.1) is 11.3 Å². The lowest BCUT2D eigenvalue weighted by Gasteiger charge is -2.22. The van der Waals surface area contributed by atoms with Crippen molar-refractivity contribution in [2.45, 2.75) is 25.3 Å². The molecular formula is C10H13NOS. The second-order valence-electron chi connectivity index (χ2n) is 3.36. The van der Waals surface area contributed by atoms with Gasteiger partial charge in [0.1, 0.15) is 0 Å². The van der Waals surface area contributed by atoms with Gasteiger partial charge in [-0.25, -0.2) is 0 Å². The van der Waals surface area contributed by atoms with Gasteiger partial charge in [-0.2, -0.15) is 0 Å². The molecule has 1 atom stereocenters. The smallest absolute Gasteiger partial charge is 0.160 e. The molecule has 1 fully saturated rings. The molecule has 0 unspecified atom stereocenters. The molecule has 1 saturated heterocycles. The Morgan fingerprint density at radius 2 is 2.38 bits per heavy atom. The van der Waals surface area contributed by atoms with E-state index in [1.54, 1.807) is 11.3 Å². The van der Waals surface area contributed by atoms with Crippen LogP contribution in [0, 0.1) is 0 Å². The molecule has 13 heavy (non-hydrogen) atoms. The minimum absolute atomic E-state index is 0.493. The maximum absolute atomic E-state index is 10.5. The van der Waals surface area contributed by atoms with Gasteiger partial charge >= 0.3 is 0 Å². The third-order valence-corrected chi connectivity index (χ3v) is 3.54. The Balaban J connectivity index is 2.09. The normalized spacial score (nSPS) is 22.9. The number of rotatable bonds is 2. The molecule has 1 aromatic heterocycles. The molecule has 0 radical (unpaired) electrons. The molecule has 1 N–H and O–H groups in total. The van der Waals surface area contributed by atoms with Gasteiger partial charge in [-0.1, -0.05) is 6.42 Å². The van der Waals surface area contributed by atoms with Crippen LogP contribution in [0.15, 0.2) is 12.1 Å². The average molecular weight is 195 g/mol. The largest absolute Gasteiger partial charge is 0.309 e. The van der Waals surface area contributed by atoms with Crippen molar-refractivity contribution in [1.82, 2.24) is 5.32 Å². The Morgan fingerprint density at radius 1 is 1.46 bits per heavy atom. The summed E-state index contributed by atoms with van der Waals surface area (Å²) in [6, 6.07) is 4.47. The molecule has 70 valence electrons. The van der Waals surface area contributed by atoms with Crippen molar-refractivity contribution >= 4 is 17.6 Å². The molecule has 1 aliphatic heterocycles. The summed E-state index contributed by atoms with van der Waals surface area (Å²) < 4.78 is 0. The monoisotopic (exact) mass is 195 g/mol. The van der Waals surface area contributed by atoms with Crippen molar-refractivity contribution in [2.75, 3.05) is 6.54 Å². The molecule has 3 heteroatoms. The number of hydrogen-bond acceptors (Lipinski definition) is 3. The molecule has 1 aromatic rings. The van der Waals surface area contributed by atoms with Crippen molar-refractivity contribution in [2.24, 2.45) is 0 Å². The van der Waals surface area contributed by atoms with Crippen molar-refractivity contribution in [3.05, 3.63) is 21.9 Å². The van der Waals surface area contributed by atoms with Crippen LogP contribution in [0.25, 0.3) is 0 Å². The minimum Gasteiger partial charge on any atom is -0.309 e. The number of carbonyl (C=O) groups excluding carboxylic acids is 1. The summed E-state index contributed by atoms with van der Waals surface area (Å²) in [6.45, 7) is 1.11. The van der Waals surface area contributed by atoms with Crippen molar-refractivity contribution in [3.8, 4) is 0 Å². The molecule has 0 spiro atoms. The maximum atomic E-state index is 10.5.